The molecule has 74 valence electrons. The van der Waals surface area contributed by atoms with Gasteiger partial charge in [0.15, 0.2) is 0 Å². The minimum absolute atomic E-state index is 0.914. The quantitative estimate of drug-likeness (QED) is 0.491. The predicted octanol–water partition coefficient (Wildman–Crippen LogP) is 4.02. The van der Waals surface area contributed by atoms with Gasteiger partial charge >= 0.3 is 0 Å². The third kappa shape index (κ3) is 1.68. The Balaban J connectivity index is 2.18. The van der Waals surface area contributed by atoms with Crippen molar-refractivity contribution in [3.05, 3.63) is 11.6 Å². The molecule has 1 saturated carbocycles. The van der Waals surface area contributed by atoms with E-state index in [9.17, 15) is 0 Å². The average Bonchev–Trinajstić information content (AvgIpc) is 2.12. The van der Waals surface area contributed by atoms with E-state index >= 15 is 0 Å². The number of hydrogen-bond donors (Lipinski definition) is 0. The Bertz CT molecular complexity index is 214. The molecule has 0 amide bonds. The molecule has 13 heavy (non-hydrogen) atoms. The van der Waals surface area contributed by atoms with Crippen molar-refractivity contribution in [1.82, 2.24) is 0 Å². The monoisotopic (exact) mass is 178 g/mol. The van der Waals surface area contributed by atoms with Crippen LogP contribution < -0.4 is 0 Å². The number of allylic oxidation sites excluding steroid dienone is 2. The number of rotatable bonds is 0. The van der Waals surface area contributed by atoms with Gasteiger partial charge in [0.1, 0.15) is 0 Å². The second-order valence-corrected chi connectivity index (χ2v) is 5.32. The van der Waals surface area contributed by atoms with Crippen LogP contribution in [0.25, 0.3) is 0 Å². The summed E-state index contributed by atoms with van der Waals surface area (Å²) < 4.78 is 0. The highest BCUT2D eigenvalue weighted by atomic mass is 14.4. The summed E-state index contributed by atoms with van der Waals surface area (Å²) in [6.45, 7) is 7.21. The Hall–Kier alpha value is -0.260. The van der Waals surface area contributed by atoms with Gasteiger partial charge in [-0.1, -0.05) is 31.9 Å². The highest BCUT2D eigenvalue weighted by Crippen LogP contribution is 2.45. The van der Waals surface area contributed by atoms with Crippen molar-refractivity contribution in [2.75, 3.05) is 0 Å². The molecule has 1 fully saturated rings. The molecule has 0 heterocycles. The van der Waals surface area contributed by atoms with Crippen molar-refractivity contribution in [3.8, 4) is 0 Å². The van der Waals surface area contributed by atoms with Crippen LogP contribution in [0.1, 0.15) is 46.5 Å². The van der Waals surface area contributed by atoms with Crippen LogP contribution in [0.15, 0.2) is 11.6 Å². The molecule has 4 atom stereocenters. The van der Waals surface area contributed by atoms with Crippen molar-refractivity contribution in [2.45, 2.75) is 46.5 Å². The van der Waals surface area contributed by atoms with Crippen LogP contribution >= 0.6 is 0 Å². The van der Waals surface area contributed by atoms with E-state index in [2.05, 4.69) is 26.8 Å². The molecule has 2 rings (SSSR count). The fourth-order valence-electron chi connectivity index (χ4n) is 3.30. The summed E-state index contributed by atoms with van der Waals surface area (Å²) >= 11 is 0. The molecule has 0 heteroatoms. The molecule has 0 aliphatic heterocycles. The van der Waals surface area contributed by atoms with E-state index in [-0.39, 0.29) is 0 Å². The van der Waals surface area contributed by atoms with Gasteiger partial charge in [-0.3, -0.25) is 0 Å². The van der Waals surface area contributed by atoms with Crippen LogP contribution in [0.4, 0.5) is 0 Å². The topological polar surface area (TPSA) is 0 Å². The average molecular weight is 178 g/mol. The van der Waals surface area contributed by atoms with Gasteiger partial charge in [-0.05, 0) is 49.9 Å². The van der Waals surface area contributed by atoms with Crippen molar-refractivity contribution in [2.24, 2.45) is 23.7 Å². The SMILES string of the molecule is CC1=CC2C(C)CCC(C)C2CC1. The van der Waals surface area contributed by atoms with Gasteiger partial charge in [-0.15, -0.1) is 0 Å². The van der Waals surface area contributed by atoms with E-state index in [1.165, 1.54) is 25.7 Å². The van der Waals surface area contributed by atoms with E-state index in [1.807, 2.05) is 0 Å². The van der Waals surface area contributed by atoms with Crippen LogP contribution in [-0.4, -0.2) is 0 Å². The second-order valence-electron chi connectivity index (χ2n) is 5.32. The molecular formula is C13H22. The summed E-state index contributed by atoms with van der Waals surface area (Å²) in [5, 5.41) is 0. The van der Waals surface area contributed by atoms with Gasteiger partial charge in [0.25, 0.3) is 0 Å². The summed E-state index contributed by atoms with van der Waals surface area (Å²) in [5.74, 6) is 3.84. The molecule has 0 bridgehead atoms. The van der Waals surface area contributed by atoms with E-state index in [1.54, 1.807) is 5.57 Å². The maximum atomic E-state index is 2.58. The molecule has 4 unspecified atom stereocenters. The summed E-state index contributed by atoms with van der Waals surface area (Å²) in [7, 11) is 0. The molecular weight excluding hydrogens is 156 g/mol. The maximum Gasteiger partial charge on any atom is -0.0174 e. The van der Waals surface area contributed by atoms with Crippen molar-refractivity contribution in [3.63, 3.8) is 0 Å². The fraction of sp³-hybridized carbons (Fsp3) is 0.846. The zero-order chi connectivity index (χ0) is 9.42. The first-order valence-electron chi connectivity index (χ1n) is 5.86. The summed E-state index contributed by atoms with van der Waals surface area (Å²) in [4.78, 5) is 0. The van der Waals surface area contributed by atoms with Crippen LogP contribution in [0.5, 0.6) is 0 Å². The summed E-state index contributed by atoms with van der Waals surface area (Å²) in [6.07, 6.45) is 8.31. The van der Waals surface area contributed by atoms with E-state index in [0.717, 1.165) is 23.7 Å². The van der Waals surface area contributed by atoms with Crippen molar-refractivity contribution in [1.29, 1.82) is 0 Å². The lowest BCUT2D eigenvalue weighted by Crippen LogP contribution is -2.33. The standard InChI is InChI=1S/C13H22/c1-9-4-7-12-10(2)5-6-11(3)13(12)8-9/h8,10-13H,4-7H2,1-3H3. The molecule has 2 aliphatic carbocycles. The molecule has 0 aromatic carbocycles. The fourth-order valence-corrected chi connectivity index (χ4v) is 3.30. The maximum absolute atomic E-state index is 2.58. The van der Waals surface area contributed by atoms with Gasteiger partial charge in [-0.25, -0.2) is 0 Å². The minimum atomic E-state index is 0.914. The number of fused-ring (bicyclic) bond motifs is 1. The van der Waals surface area contributed by atoms with Crippen LogP contribution in [0, 0.1) is 23.7 Å². The van der Waals surface area contributed by atoms with E-state index in [4.69, 9.17) is 0 Å². The van der Waals surface area contributed by atoms with Crippen LogP contribution in [0.2, 0.25) is 0 Å². The lowest BCUT2D eigenvalue weighted by Gasteiger charge is -2.42. The Kier molecular flexibility index (Phi) is 2.49. The van der Waals surface area contributed by atoms with Gasteiger partial charge in [0.05, 0.1) is 0 Å². The summed E-state index contributed by atoms with van der Waals surface area (Å²) in [6, 6.07) is 0. The van der Waals surface area contributed by atoms with E-state index < -0.39 is 0 Å². The lowest BCUT2D eigenvalue weighted by atomic mass is 9.63. The van der Waals surface area contributed by atoms with Gasteiger partial charge < -0.3 is 0 Å². The zero-order valence-corrected chi connectivity index (χ0v) is 9.22. The highest BCUT2D eigenvalue weighted by molar-refractivity contribution is 5.10. The predicted molar refractivity (Wildman–Crippen MR) is 57.5 cm³/mol. The molecule has 2 aliphatic rings. The molecule has 0 radical (unpaired) electrons. The van der Waals surface area contributed by atoms with Crippen molar-refractivity contribution >= 4 is 0 Å². The molecule has 0 nitrogen and oxygen atoms in total. The minimum Gasteiger partial charge on any atom is -0.0819 e. The van der Waals surface area contributed by atoms with Crippen LogP contribution in [-0.2, 0) is 0 Å². The van der Waals surface area contributed by atoms with Crippen LogP contribution in [0.3, 0.4) is 0 Å². The third-order valence-corrected chi connectivity index (χ3v) is 4.31. The Morgan fingerprint density at radius 1 is 1.08 bits per heavy atom. The molecule has 0 aromatic rings. The highest BCUT2D eigenvalue weighted by Gasteiger charge is 2.35. The van der Waals surface area contributed by atoms with E-state index in [0.29, 0.717) is 0 Å². The zero-order valence-electron chi connectivity index (χ0n) is 9.22. The first-order valence-corrected chi connectivity index (χ1v) is 5.86. The first kappa shape index (κ1) is 9.30. The molecule has 0 saturated heterocycles. The number of hydrogen-bond acceptors (Lipinski definition) is 0. The molecule has 0 N–H and O–H groups in total. The van der Waals surface area contributed by atoms with Gasteiger partial charge in [0.2, 0.25) is 0 Å². The first-order chi connectivity index (χ1) is 6.18. The Morgan fingerprint density at radius 2 is 1.77 bits per heavy atom. The molecule has 0 spiro atoms. The Morgan fingerprint density at radius 3 is 2.54 bits per heavy atom. The second kappa shape index (κ2) is 3.48. The smallest absolute Gasteiger partial charge is 0.0174 e. The normalized spacial score (nSPS) is 45.3. The largest absolute Gasteiger partial charge is 0.0819 e. The third-order valence-electron chi connectivity index (χ3n) is 4.31. The molecule has 0 aromatic heterocycles. The lowest BCUT2D eigenvalue weighted by molar-refractivity contribution is 0.126. The van der Waals surface area contributed by atoms with Gasteiger partial charge in [0, 0.05) is 0 Å². The van der Waals surface area contributed by atoms with Crippen molar-refractivity contribution < 1.29 is 0 Å². The van der Waals surface area contributed by atoms with Gasteiger partial charge in [-0.2, -0.15) is 0 Å². The summed E-state index contributed by atoms with van der Waals surface area (Å²) in [5.41, 5.74) is 1.64. The Labute approximate surface area is 82.4 Å².